The van der Waals surface area contributed by atoms with Gasteiger partial charge in [-0.3, -0.25) is 0 Å². The summed E-state index contributed by atoms with van der Waals surface area (Å²) in [6.07, 6.45) is 5.48. The van der Waals surface area contributed by atoms with E-state index in [2.05, 4.69) is 16.9 Å². The zero-order valence-electron chi connectivity index (χ0n) is 10.7. The van der Waals surface area contributed by atoms with Crippen molar-refractivity contribution in [1.82, 2.24) is 19.1 Å². The van der Waals surface area contributed by atoms with Crippen molar-refractivity contribution in [2.24, 2.45) is 0 Å². The second kappa shape index (κ2) is 5.24. The first kappa shape index (κ1) is 13.7. The number of benzene rings is 1. The number of nitrogens with one attached hydrogen (secondary N) is 1. The molecule has 0 spiro atoms. The molecule has 0 amide bonds. The summed E-state index contributed by atoms with van der Waals surface area (Å²) in [5, 5.41) is 1.04. The van der Waals surface area contributed by atoms with Crippen molar-refractivity contribution >= 4 is 46.5 Å². The number of hydrogen-bond acceptors (Lipinski definition) is 2. The molecule has 1 unspecified atom stereocenters. The molecule has 0 aliphatic heterocycles. The van der Waals surface area contributed by atoms with Gasteiger partial charge in [-0.05, 0) is 31.3 Å². The maximum Gasteiger partial charge on any atom is 0.178 e. The number of H-pyrrole nitrogens is 1. The molecule has 0 saturated heterocycles. The van der Waals surface area contributed by atoms with Crippen molar-refractivity contribution in [3.05, 3.63) is 45.7 Å². The van der Waals surface area contributed by atoms with E-state index < -0.39 is 0 Å². The lowest BCUT2D eigenvalue weighted by molar-refractivity contribution is 0.470. The molecule has 2 aromatic heterocycles. The number of aromatic nitrogens is 4. The van der Waals surface area contributed by atoms with Gasteiger partial charge >= 0.3 is 0 Å². The molecule has 3 aromatic rings. The first-order valence-corrected chi connectivity index (χ1v) is 7.27. The van der Waals surface area contributed by atoms with Gasteiger partial charge in [0, 0.05) is 18.9 Å². The fourth-order valence-electron chi connectivity index (χ4n) is 2.34. The molecule has 1 aromatic carbocycles. The zero-order chi connectivity index (χ0) is 14.3. The molecular weight excluding hydrogens is 315 g/mol. The van der Waals surface area contributed by atoms with Crippen LogP contribution in [0.25, 0.3) is 11.0 Å². The summed E-state index contributed by atoms with van der Waals surface area (Å²) in [7, 11) is 0. The van der Waals surface area contributed by atoms with Gasteiger partial charge in [0.2, 0.25) is 0 Å². The van der Waals surface area contributed by atoms with Crippen molar-refractivity contribution in [3.63, 3.8) is 0 Å². The molecule has 1 N–H and O–H groups in total. The average Bonchev–Trinajstić information content (AvgIpc) is 2.97. The molecule has 4 nitrogen and oxygen atoms in total. The summed E-state index contributed by atoms with van der Waals surface area (Å²) >= 11 is 17.6. The van der Waals surface area contributed by atoms with Crippen LogP contribution < -0.4 is 0 Å². The number of rotatable bonds is 3. The maximum absolute atomic E-state index is 6.11. The monoisotopic (exact) mass is 326 g/mol. The maximum atomic E-state index is 6.11. The third-order valence-electron chi connectivity index (χ3n) is 3.23. The Morgan fingerprint density at radius 1 is 1.35 bits per heavy atom. The van der Waals surface area contributed by atoms with Crippen LogP contribution in [0.3, 0.4) is 0 Å². The van der Waals surface area contributed by atoms with Crippen LogP contribution in [0, 0.1) is 4.77 Å². The van der Waals surface area contributed by atoms with E-state index in [4.69, 9.17) is 35.4 Å². The molecule has 0 fully saturated rings. The Labute approximate surface area is 131 Å². The highest BCUT2D eigenvalue weighted by atomic mass is 35.5. The topological polar surface area (TPSA) is 38.5 Å². The number of hydrogen-bond donors (Lipinski definition) is 1. The van der Waals surface area contributed by atoms with E-state index in [1.165, 1.54) is 0 Å². The van der Waals surface area contributed by atoms with Crippen molar-refractivity contribution in [3.8, 4) is 0 Å². The fourth-order valence-corrected chi connectivity index (χ4v) is 3.05. The van der Waals surface area contributed by atoms with Gasteiger partial charge in [0.1, 0.15) is 0 Å². The largest absolute Gasteiger partial charge is 0.335 e. The van der Waals surface area contributed by atoms with E-state index >= 15 is 0 Å². The smallest absolute Gasteiger partial charge is 0.178 e. The normalized spacial score (nSPS) is 12.9. The van der Waals surface area contributed by atoms with E-state index in [0.717, 1.165) is 17.6 Å². The predicted molar refractivity (Wildman–Crippen MR) is 84.1 cm³/mol. The highest BCUT2D eigenvalue weighted by Gasteiger charge is 2.13. The van der Waals surface area contributed by atoms with Gasteiger partial charge in [-0.1, -0.05) is 23.2 Å². The van der Waals surface area contributed by atoms with Crippen molar-refractivity contribution < 1.29 is 0 Å². The number of nitrogens with zero attached hydrogens (tertiary/aromatic N) is 3. The summed E-state index contributed by atoms with van der Waals surface area (Å²) in [6.45, 7) is 2.88. The van der Waals surface area contributed by atoms with Crippen LogP contribution in [0.2, 0.25) is 10.0 Å². The first-order chi connectivity index (χ1) is 9.56. The molecule has 7 heteroatoms. The highest BCUT2D eigenvalue weighted by molar-refractivity contribution is 7.71. The lowest BCUT2D eigenvalue weighted by Crippen LogP contribution is -2.12. The fraction of sp³-hybridized carbons (Fsp3) is 0.231. The van der Waals surface area contributed by atoms with Gasteiger partial charge in [-0.2, -0.15) is 0 Å². The van der Waals surface area contributed by atoms with Crippen LogP contribution in [0.5, 0.6) is 0 Å². The zero-order valence-corrected chi connectivity index (χ0v) is 13.0. The lowest BCUT2D eigenvalue weighted by atomic mass is 10.2. The van der Waals surface area contributed by atoms with Crippen molar-refractivity contribution in [1.29, 1.82) is 0 Å². The Bertz CT molecular complexity index is 804. The Kier molecular flexibility index (Phi) is 3.58. The number of fused-ring (bicyclic) bond motifs is 1. The summed E-state index contributed by atoms with van der Waals surface area (Å²) in [4.78, 5) is 7.21. The molecule has 0 aliphatic rings. The minimum atomic E-state index is 0.169. The second-order valence-electron chi connectivity index (χ2n) is 4.69. The summed E-state index contributed by atoms with van der Waals surface area (Å²) < 4.78 is 4.72. The molecule has 0 radical (unpaired) electrons. The molecule has 0 saturated carbocycles. The summed E-state index contributed by atoms with van der Waals surface area (Å²) in [5.74, 6) is 0. The third kappa shape index (κ3) is 2.37. The standard InChI is InChI=1S/C13H12Cl2N4S/c1-8(6-18-3-2-16-7-18)19-12-5-10(15)9(14)4-11(12)17-13(19)20/h2-5,7-8H,6H2,1H3,(H,17,20). The van der Waals surface area contributed by atoms with Crippen LogP contribution in [0.15, 0.2) is 30.9 Å². The Morgan fingerprint density at radius 3 is 2.80 bits per heavy atom. The van der Waals surface area contributed by atoms with Crippen LogP contribution in [-0.4, -0.2) is 19.1 Å². The molecule has 0 bridgehead atoms. The van der Waals surface area contributed by atoms with Gasteiger partial charge in [0.15, 0.2) is 4.77 Å². The van der Waals surface area contributed by atoms with E-state index in [9.17, 15) is 0 Å². The van der Waals surface area contributed by atoms with Crippen LogP contribution in [0.4, 0.5) is 0 Å². The van der Waals surface area contributed by atoms with E-state index in [1.54, 1.807) is 18.6 Å². The summed E-state index contributed by atoms with van der Waals surface area (Å²) in [6, 6.07) is 3.81. The van der Waals surface area contributed by atoms with Gasteiger partial charge in [-0.25, -0.2) is 4.98 Å². The highest BCUT2D eigenvalue weighted by Crippen LogP contribution is 2.29. The van der Waals surface area contributed by atoms with Gasteiger partial charge in [0.25, 0.3) is 0 Å². The third-order valence-corrected chi connectivity index (χ3v) is 4.25. The van der Waals surface area contributed by atoms with Gasteiger partial charge in [-0.15, -0.1) is 0 Å². The first-order valence-electron chi connectivity index (χ1n) is 6.11. The molecular formula is C13H12Cl2N4S. The SMILES string of the molecule is CC(Cn1ccnc1)n1c(=S)[nH]c2cc(Cl)c(Cl)cc21. The van der Waals surface area contributed by atoms with E-state index in [1.807, 2.05) is 21.4 Å². The van der Waals surface area contributed by atoms with Gasteiger partial charge in [0.05, 0.1) is 33.4 Å². The van der Waals surface area contributed by atoms with E-state index in [-0.39, 0.29) is 6.04 Å². The molecule has 20 heavy (non-hydrogen) atoms. The number of halogens is 2. The Balaban J connectivity index is 2.08. The molecule has 3 rings (SSSR count). The predicted octanol–water partition coefficient (Wildman–Crippen LogP) is 4.46. The van der Waals surface area contributed by atoms with Crippen molar-refractivity contribution in [2.45, 2.75) is 19.5 Å². The molecule has 104 valence electrons. The lowest BCUT2D eigenvalue weighted by Gasteiger charge is -2.15. The molecule has 1 atom stereocenters. The Hall–Kier alpha value is -1.30. The number of aromatic amines is 1. The van der Waals surface area contributed by atoms with Crippen LogP contribution in [0.1, 0.15) is 13.0 Å². The second-order valence-corrected chi connectivity index (χ2v) is 5.89. The minimum Gasteiger partial charge on any atom is -0.335 e. The Morgan fingerprint density at radius 2 is 2.10 bits per heavy atom. The quantitative estimate of drug-likeness (QED) is 0.721. The average molecular weight is 327 g/mol. The molecule has 2 heterocycles. The number of imidazole rings is 2. The van der Waals surface area contributed by atoms with Crippen LogP contribution >= 0.6 is 35.4 Å². The van der Waals surface area contributed by atoms with E-state index in [0.29, 0.717) is 14.8 Å². The van der Waals surface area contributed by atoms with Gasteiger partial charge < -0.3 is 14.1 Å². The summed E-state index contributed by atoms with van der Waals surface area (Å²) in [5.41, 5.74) is 1.85. The minimum absolute atomic E-state index is 0.169. The van der Waals surface area contributed by atoms with Crippen molar-refractivity contribution in [2.75, 3.05) is 0 Å². The molecule has 0 aliphatic carbocycles. The van der Waals surface area contributed by atoms with Crippen LogP contribution in [-0.2, 0) is 6.54 Å².